The zero-order valence-electron chi connectivity index (χ0n) is 20.5. The number of aromatic nitrogens is 3. The van der Waals surface area contributed by atoms with Gasteiger partial charge in [0.1, 0.15) is 11.4 Å². The molecule has 2 aromatic heterocycles. The average Bonchev–Trinajstić information content (AvgIpc) is 3.54. The third-order valence-electron chi connectivity index (χ3n) is 6.68. The van der Waals surface area contributed by atoms with Gasteiger partial charge in [-0.05, 0) is 82.8 Å². The van der Waals surface area contributed by atoms with Crippen molar-refractivity contribution >= 4 is 35.1 Å². The van der Waals surface area contributed by atoms with E-state index in [1.807, 2.05) is 33.8 Å². The van der Waals surface area contributed by atoms with Crippen LogP contribution in [0.4, 0.5) is 22.2 Å². The molecule has 0 bridgehead atoms. The van der Waals surface area contributed by atoms with Crippen molar-refractivity contribution < 1.29 is 9.53 Å². The molecule has 2 atom stereocenters. The monoisotopic (exact) mass is 486 g/mol. The Bertz CT molecular complexity index is 1000. The molecule has 1 aliphatic carbocycles. The van der Waals surface area contributed by atoms with Crippen LogP contribution >= 0.6 is 11.6 Å². The highest BCUT2D eigenvalue weighted by Gasteiger charge is 2.44. The molecule has 0 unspecified atom stereocenters. The standard InChI is InChI=1S/C25H35ClN6O2/c1-16-11-20(27)15-28-22(16)32(24(33)34-25(2,3)4)10-7-18-12-21(18)17-5-8-31(9-6-17)23-29-13-19(26)14-30-23/h11,13-15,17-18,21H,5-10,12,27H2,1-4H3/t18-,21-/m1/s1. The summed E-state index contributed by atoms with van der Waals surface area (Å²) in [4.78, 5) is 30.1. The molecular formula is C25H35ClN6O2. The largest absolute Gasteiger partial charge is 0.443 e. The summed E-state index contributed by atoms with van der Waals surface area (Å²) in [5, 5.41) is 0.559. The van der Waals surface area contributed by atoms with Gasteiger partial charge in [0.15, 0.2) is 0 Å². The molecule has 1 aliphatic heterocycles. The summed E-state index contributed by atoms with van der Waals surface area (Å²) in [5.74, 6) is 3.43. The lowest BCUT2D eigenvalue weighted by Gasteiger charge is -2.32. The number of hydrogen-bond donors (Lipinski definition) is 1. The van der Waals surface area contributed by atoms with Crippen LogP contribution in [-0.4, -0.2) is 46.3 Å². The minimum atomic E-state index is -0.569. The van der Waals surface area contributed by atoms with Gasteiger partial charge in [0.05, 0.1) is 29.3 Å². The molecule has 2 aliphatic rings. The molecule has 4 rings (SSSR count). The number of nitrogen functional groups attached to an aromatic ring is 1. The van der Waals surface area contributed by atoms with E-state index in [9.17, 15) is 4.79 Å². The summed E-state index contributed by atoms with van der Waals surface area (Å²) in [7, 11) is 0. The summed E-state index contributed by atoms with van der Waals surface area (Å²) >= 11 is 5.91. The predicted octanol–water partition coefficient (Wildman–Crippen LogP) is 5.10. The number of aryl methyl sites for hydroxylation is 1. The summed E-state index contributed by atoms with van der Waals surface area (Å²) in [6.07, 6.45) is 8.98. The molecule has 1 amide bonds. The zero-order chi connectivity index (χ0) is 24.5. The highest BCUT2D eigenvalue weighted by atomic mass is 35.5. The van der Waals surface area contributed by atoms with E-state index in [0.29, 0.717) is 40.8 Å². The van der Waals surface area contributed by atoms with Gasteiger partial charge >= 0.3 is 6.09 Å². The Labute approximate surface area is 206 Å². The Hall–Kier alpha value is -2.61. The second-order valence-electron chi connectivity index (χ2n) is 10.5. The quantitative estimate of drug-likeness (QED) is 0.606. The highest BCUT2D eigenvalue weighted by Crippen LogP contribution is 2.50. The maximum Gasteiger partial charge on any atom is 0.416 e. The first-order valence-electron chi connectivity index (χ1n) is 12.1. The minimum absolute atomic E-state index is 0.360. The van der Waals surface area contributed by atoms with Gasteiger partial charge in [-0.3, -0.25) is 4.90 Å². The second-order valence-corrected chi connectivity index (χ2v) is 11.0. The Morgan fingerprint density at radius 1 is 1.21 bits per heavy atom. The van der Waals surface area contributed by atoms with Crippen LogP contribution in [0.2, 0.25) is 5.02 Å². The second kappa shape index (κ2) is 9.94. The summed E-state index contributed by atoms with van der Waals surface area (Å²) < 4.78 is 5.69. The smallest absolute Gasteiger partial charge is 0.416 e. The SMILES string of the molecule is Cc1cc(N)cnc1N(CC[C@@H]1C[C@@H]1C1CCN(c2ncc(Cl)cn2)CC1)C(=O)OC(C)(C)C. The fourth-order valence-corrected chi connectivity index (χ4v) is 5.04. The summed E-state index contributed by atoms with van der Waals surface area (Å²) in [5.41, 5.74) is 6.77. The highest BCUT2D eigenvalue weighted by molar-refractivity contribution is 6.30. The molecule has 0 spiro atoms. The van der Waals surface area contributed by atoms with Crippen molar-refractivity contribution in [3.63, 3.8) is 0 Å². The van der Waals surface area contributed by atoms with E-state index >= 15 is 0 Å². The Morgan fingerprint density at radius 2 is 1.88 bits per heavy atom. The van der Waals surface area contributed by atoms with Crippen LogP contribution in [0, 0.1) is 24.7 Å². The maximum atomic E-state index is 13.0. The number of halogens is 1. The van der Waals surface area contributed by atoms with Gasteiger partial charge in [-0.1, -0.05) is 11.6 Å². The van der Waals surface area contributed by atoms with E-state index in [-0.39, 0.29) is 6.09 Å². The lowest BCUT2D eigenvalue weighted by Crippen LogP contribution is -2.38. The fourth-order valence-electron chi connectivity index (χ4n) is 4.94. The van der Waals surface area contributed by atoms with E-state index in [0.717, 1.165) is 43.9 Å². The number of ether oxygens (including phenoxy) is 1. The van der Waals surface area contributed by atoms with Crippen LogP contribution in [0.3, 0.4) is 0 Å². The predicted molar refractivity (Wildman–Crippen MR) is 135 cm³/mol. The van der Waals surface area contributed by atoms with Crippen LogP contribution in [0.15, 0.2) is 24.7 Å². The van der Waals surface area contributed by atoms with E-state index in [2.05, 4.69) is 19.9 Å². The van der Waals surface area contributed by atoms with Crippen LogP contribution < -0.4 is 15.5 Å². The van der Waals surface area contributed by atoms with Crippen LogP contribution in [0.5, 0.6) is 0 Å². The van der Waals surface area contributed by atoms with E-state index in [4.69, 9.17) is 22.1 Å². The Balaban J connectivity index is 1.33. The van der Waals surface area contributed by atoms with Crippen molar-refractivity contribution in [3.8, 4) is 0 Å². The number of nitrogens with two attached hydrogens (primary N) is 1. The average molecular weight is 487 g/mol. The molecule has 1 saturated heterocycles. The zero-order valence-corrected chi connectivity index (χ0v) is 21.3. The maximum absolute atomic E-state index is 13.0. The van der Waals surface area contributed by atoms with Crippen molar-refractivity contribution in [1.82, 2.24) is 15.0 Å². The van der Waals surface area contributed by atoms with Gasteiger partial charge in [-0.25, -0.2) is 19.7 Å². The molecule has 0 aromatic carbocycles. The Morgan fingerprint density at radius 3 is 2.50 bits per heavy atom. The van der Waals surface area contributed by atoms with Crippen molar-refractivity contribution in [2.75, 3.05) is 35.2 Å². The van der Waals surface area contributed by atoms with Gasteiger partial charge in [0.25, 0.3) is 0 Å². The van der Waals surface area contributed by atoms with E-state index in [1.54, 1.807) is 23.5 Å². The van der Waals surface area contributed by atoms with Gasteiger partial charge in [-0.15, -0.1) is 0 Å². The molecule has 9 heteroatoms. The Kier molecular flexibility index (Phi) is 7.17. The molecule has 2 N–H and O–H groups in total. The first-order valence-corrected chi connectivity index (χ1v) is 12.4. The molecule has 0 radical (unpaired) electrons. The van der Waals surface area contributed by atoms with Gasteiger partial charge < -0.3 is 15.4 Å². The molecule has 2 fully saturated rings. The minimum Gasteiger partial charge on any atom is -0.443 e. The first kappa shape index (κ1) is 24.5. The molecule has 2 aromatic rings. The molecule has 34 heavy (non-hydrogen) atoms. The lowest BCUT2D eigenvalue weighted by atomic mass is 9.90. The van der Waals surface area contributed by atoms with Gasteiger partial charge in [0, 0.05) is 19.6 Å². The number of amides is 1. The fraction of sp³-hybridized carbons (Fsp3) is 0.600. The number of rotatable bonds is 6. The number of anilines is 3. The number of piperidine rings is 1. The van der Waals surface area contributed by atoms with E-state index < -0.39 is 5.60 Å². The number of carbonyl (C=O) groups is 1. The van der Waals surface area contributed by atoms with Crippen molar-refractivity contribution in [2.24, 2.45) is 17.8 Å². The van der Waals surface area contributed by atoms with Crippen LogP contribution in [0.25, 0.3) is 0 Å². The number of carbonyl (C=O) groups excluding carboxylic acids is 1. The van der Waals surface area contributed by atoms with Crippen molar-refractivity contribution in [1.29, 1.82) is 0 Å². The molecule has 3 heterocycles. The summed E-state index contributed by atoms with van der Waals surface area (Å²) in [6, 6.07) is 1.85. The number of hydrogen-bond acceptors (Lipinski definition) is 7. The molecule has 184 valence electrons. The van der Waals surface area contributed by atoms with Gasteiger partial charge in [0.2, 0.25) is 5.95 Å². The molecule has 1 saturated carbocycles. The van der Waals surface area contributed by atoms with E-state index in [1.165, 1.54) is 6.42 Å². The third-order valence-corrected chi connectivity index (χ3v) is 6.87. The third kappa shape index (κ3) is 6.09. The summed E-state index contributed by atoms with van der Waals surface area (Å²) in [6.45, 7) is 10.1. The normalized spacial score (nSPS) is 20.8. The first-order chi connectivity index (χ1) is 16.1. The van der Waals surface area contributed by atoms with Crippen molar-refractivity contribution in [3.05, 3.63) is 35.2 Å². The molecular weight excluding hydrogens is 452 g/mol. The molecule has 8 nitrogen and oxygen atoms in total. The van der Waals surface area contributed by atoms with Crippen molar-refractivity contribution in [2.45, 2.75) is 59.0 Å². The lowest BCUT2D eigenvalue weighted by molar-refractivity contribution is 0.0578. The van der Waals surface area contributed by atoms with Gasteiger partial charge in [-0.2, -0.15) is 0 Å². The number of pyridine rings is 1. The van der Waals surface area contributed by atoms with Crippen LogP contribution in [0.1, 0.15) is 52.0 Å². The topological polar surface area (TPSA) is 97.5 Å². The number of nitrogens with zero attached hydrogens (tertiary/aromatic N) is 5. The van der Waals surface area contributed by atoms with Crippen LogP contribution in [-0.2, 0) is 4.74 Å².